The Bertz CT molecular complexity index is 527. The van der Waals surface area contributed by atoms with Gasteiger partial charge in [-0.1, -0.05) is 0 Å². The van der Waals surface area contributed by atoms with E-state index in [0.29, 0.717) is 18.9 Å². The zero-order valence-corrected chi connectivity index (χ0v) is 8.80. The molecule has 0 aromatic carbocycles. The molecule has 0 N–H and O–H groups in total. The summed E-state index contributed by atoms with van der Waals surface area (Å²) in [5.74, 6) is 0.664. The molecule has 0 spiro atoms. The van der Waals surface area contributed by atoms with Crippen molar-refractivity contribution in [2.45, 2.75) is 13.5 Å². The number of aromatic nitrogens is 3. The van der Waals surface area contributed by atoms with Crippen LogP contribution in [-0.4, -0.2) is 27.7 Å². The summed E-state index contributed by atoms with van der Waals surface area (Å²) in [5, 5.41) is 0. The van der Waals surface area contributed by atoms with Gasteiger partial charge >= 0.3 is 0 Å². The van der Waals surface area contributed by atoms with E-state index in [0.717, 1.165) is 5.69 Å². The number of hydrogen-bond acceptors (Lipinski definition) is 3. The normalized spacial score (nSPS) is 11.1. The van der Waals surface area contributed by atoms with Crippen LogP contribution in [0.4, 0.5) is 0 Å². The van der Waals surface area contributed by atoms with E-state index < -0.39 is 0 Å². The molecular weight excluding hydrogens is 194 g/mol. The fraction of sp³-hybridized carbons (Fsp3) is 0.400. The molecule has 15 heavy (non-hydrogen) atoms. The molecule has 2 heterocycles. The summed E-state index contributed by atoms with van der Waals surface area (Å²) in [7, 11) is 1.65. The first kappa shape index (κ1) is 9.92. The van der Waals surface area contributed by atoms with Crippen molar-refractivity contribution in [1.82, 2.24) is 14.0 Å². The summed E-state index contributed by atoms with van der Waals surface area (Å²) in [5.41, 5.74) is 0.686. The van der Waals surface area contributed by atoms with E-state index in [4.69, 9.17) is 4.74 Å². The molecule has 0 aliphatic carbocycles. The third-order valence-corrected chi connectivity index (χ3v) is 2.33. The minimum atomic E-state index is -0.204. The second-order valence-corrected chi connectivity index (χ2v) is 3.39. The van der Waals surface area contributed by atoms with Gasteiger partial charge in [0.05, 0.1) is 6.61 Å². The lowest BCUT2D eigenvalue weighted by atomic mass is 10.4. The van der Waals surface area contributed by atoms with E-state index in [2.05, 4.69) is 4.98 Å². The van der Waals surface area contributed by atoms with Crippen molar-refractivity contribution in [3.8, 4) is 0 Å². The maximum Gasteiger partial charge on any atom is 0.274 e. The highest BCUT2D eigenvalue weighted by atomic mass is 16.5. The average molecular weight is 207 g/mol. The number of fused-ring (bicyclic) bond motifs is 1. The molecule has 5 nitrogen and oxygen atoms in total. The molecule has 0 amide bonds. The van der Waals surface area contributed by atoms with Crippen molar-refractivity contribution in [1.29, 1.82) is 0 Å². The molecule has 2 aromatic rings. The fourth-order valence-electron chi connectivity index (χ4n) is 1.56. The van der Waals surface area contributed by atoms with Crippen LogP contribution in [0.25, 0.3) is 5.78 Å². The van der Waals surface area contributed by atoms with Gasteiger partial charge in [0, 0.05) is 37.8 Å². The highest BCUT2D eigenvalue weighted by Crippen LogP contribution is 2.03. The SMILES string of the molecule is COCCn1ccn2c(C)cc(=O)nc12. The number of hydrogen-bond donors (Lipinski definition) is 0. The third-order valence-electron chi connectivity index (χ3n) is 2.33. The first-order valence-electron chi connectivity index (χ1n) is 4.76. The van der Waals surface area contributed by atoms with E-state index in [9.17, 15) is 4.79 Å². The number of nitrogens with zero attached hydrogens (tertiary/aromatic N) is 3. The summed E-state index contributed by atoms with van der Waals surface area (Å²) >= 11 is 0. The highest BCUT2D eigenvalue weighted by Gasteiger charge is 2.04. The lowest BCUT2D eigenvalue weighted by Gasteiger charge is -2.03. The molecule has 0 bridgehead atoms. The Morgan fingerprint density at radius 3 is 3.00 bits per heavy atom. The van der Waals surface area contributed by atoms with Gasteiger partial charge < -0.3 is 9.30 Å². The lowest BCUT2D eigenvalue weighted by Crippen LogP contribution is -2.13. The van der Waals surface area contributed by atoms with Crippen LogP contribution in [0.15, 0.2) is 23.3 Å². The highest BCUT2D eigenvalue weighted by molar-refractivity contribution is 5.31. The molecule has 2 aromatic heterocycles. The summed E-state index contributed by atoms with van der Waals surface area (Å²) in [6.07, 6.45) is 3.79. The predicted molar refractivity (Wildman–Crippen MR) is 56.1 cm³/mol. The van der Waals surface area contributed by atoms with Crippen molar-refractivity contribution in [2.75, 3.05) is 13.7 Å². The molecule has 2 rings (SSSR count). The van der Waals surface area contributed by atoms with E-state index in [1.807, 2.05) is 28.3 Å². The average Bonchev–Trinajstić information content (AvgIpc) is 2.58. The molecule has 0 radical (unpaired) electrons. The van der Waals surface area contributed by atoms with Gasteiger partial charge in [0.15, 0.2) is 0 Å². The van der Waals surface area contributed by atoms with Crippen LogP contribution in [0.2, 0.25) is 0 Å². The number of ether oxygens (including phenoxy) is 1. The van der Waals surface area contributed by atoms with Crippen LogP contribution in [-0.2, 0) is 11.3 Å². The molecule has 0 fully saturated rings. The van der Waals surface area contributed by atoms with Crippen LogP contribution < -0.4 is 5.56 Å². The van der Waals surface area contributed by atoms with E-state index in [-0.39, 0.29) is 5.56 Å². The van der Waals surface area contributed by atoms with Gasteiger partial charge in [0.25, 0.3) is 5.56 Å². The molecular formula is C10H13N3O2. The number of rotatable bonds is 3. The zero-order valence-electron chi connectivity index (χ0n) is 8.80. The quantitative estimate of drug-likeness (QED) is 0.734. The van der Waals surface area contributed by atoms with E-state index in [1.54, 1.807) is 7.11 Å². The number of imidazole rings is 1. The van der Waals surface area contributed by atoms with Gasteiger partial charge in [-0.05, 0) is 6.92 Å². The maximum absolute atomic E-state index is 11.3. The van der Waals surface area contributed by atoms with E-state index >= 15 is 0 Å². The third kappa shape index (κ3) is 1.78. The first-order chi connectivity index (χ1) is 7.22. The summed E-state index contributed by atoms with van der Waals surface area (Å²) in [4.78, 5) is 15.2. The molecule has 0 aliphatic rings. The van der Waals surface area contributed by atoms with Crippen molar-refractivity contribution in [2.24, 2.45) is 0 Å². The number of methoxy groups -OCH3 is 1. The standard InChI is InChI=1S/C10H13N3O2/c1-8-7-9(14)11-10-12(5-6-15-2)3-4-13(8)10/h3-4,7H,5-6H2,1-2H3. The van der Waals surface area contributed by atoms with Gasteiger partial charge in [-0.15, -0.1) is 0 Å². The van der Waals surface area contributed by atoms with Crippen molar-refractivity contribution in [3.63, 3.8) is 0 Å². The van der Waals surface area contributed by atoms with Crippen molar-refractivity contribution < 1.29 is 4.74 Å². The summed E-state index contributed by atoms with van der Waals surface area (Å²) < 4.78 is 8.78. The molecule has 0 saturated carbocycles. The zero-order chi connectivity index (χ0) is 10.8. The number of aryl methyl sites for hydroxylation is 1. The Morgan fingerprint density at radius 2 is 2.27 bits per heavy atom. The summed E-state index contributed by atoms with van der Waals surface area (Å²) in [6, 6.07) is 1.52. The van der Waals surface area contributed by atoms with E-state index in [1.165, 1.54) is 6.07 Å². The second-order valence-electron chi connectivity index (χ2n) is 3.39. The largest absolute Gasteiger partial charge is 0.383 e. The van der Waals surface area contributed by atoms with Crippen LogP contribution in [0.1, 0.15) is 5.69 Å². The van der Waals surface area contributed by atoms with Crippen LogP contribution in [0.5, 0.6) is 0 Å². The maximum atomic E-state index is 11.3. The summed E-state index contributed by atoms with van der Waals surface area (Å²) in [6.45, 7) is 3.19. The fourth-order valence-corrected chi connectivity index (χ4v) is 1.56. The molecule has 0 unspecified atom stereocenters. The Balaban J connectivity index is 2.53. The molecule has 0 atom stereocenters. The first-order valence-corrected chi connectivity index (χ1v) is 4.76. The van der Waals surface area contributed by atoms with Gasteiger partial charge in [0.2, 0.25) is 5.78 Å². The van der Waals surface area contributed by atoms with Crippen molar-refractivity contribution >= 4 is 5.78 Å². The molecule has 5 heteroatoms. The Morgan fingerprint density at radius 1 is 1.47 bits per heavy atom. The van der Waals surface area contributed by atoms with Crippen LogP contribution >= 0.6 is 0 Å². The molecule has 0 saturated heterocycles. The molecule has 80 valence electrons. The van der Waals surface area contributed by atoms with Gasteiger partial charge in [-0.25, -0.2) is 0 Å². The smallest absolute Gasteiger partial charge is 0.274 e. The Hall–Kier alpha value is -1.62. The van der Waals surface area contributed by atoms with Crippen LogP contribution in [0.3, 0.4) is 0 Å². The van der Waals surface area contributed by atoms with Gasteiger partial charge in [-0.2, -0.15) is 4.98 Å². The van der Waals surface area contributed by atoms with Crippen LogP contribution in [0, 0.1) is 6.92 Å². The Labute approximate surface area is 86.9 Å². The topological polar surface area (TPSA) is 48.5 Å². The second kappa shape index (κ2) is 3.86. The lowest BCUT2D eigenvalue weighted by molar-refractivity contribution is 0.188. The molecule has 0 aliphatic heterocycles. The monoisotopic (exact) mass is 207 g/mol. The minimum Gasteiger partial charge on any atom is -0.383 e. The predicted octanol–water partition coefficient (Wildman–Crippen LogP) is 0.451. The van der Waals surface area contributed by atoms with Crippen molar-refractivity contribution in [3.05, 3.63) is 34.5 Å². The van der Waals surface area contributed by atoms with Gasteiger partial charge in [0.1, 0.15) is 0 Å². The Kier molecular flexibility index (Phi) is 2.55. The van der Waals surface area contributed by atoms with Gasteiger partial charge in [-0.3, -0.25) is 9.20 Å². The minimum absolute atomic E-state index is 0.204.